The second-order valence-electron chi connectivity index (χ2n) is 9.18. The average molecular weight is 503 g/mol. The summed E-state index contributed by atoms with van der Waals surface area (Å²) in [6.07, 6.45) is 2.37. The fourth-order valence-corrected chi connectivity index (χ4v) is 4.79. The number of thiazole rings is 1. The highest BCUT2D eigenvalue weighted by Crippen LogP contribution is 2.23. The molecule has 0 atom stereocenters. The van der Waals surface area contributed by atoms with E-state index < -0.39 is 11.6 Å². The number of hydrogen-bond acceptors (Lipinski definition) is 5. The minimum absolute atomic E-state index is 0.0354. The zero-order valence-electron chi connectivity index (χ0n) is 20.5. The maximum absolute atomic E-state index is 13.4. The number of hydrogen-bond donors (Lipinski definition) is 1. The zero-order chi connectivity index (χ0) is 25.5. The van der Waals surface area contributed by atoms with Crippen molar-refractivity contribution in [3.63, 3.8) is 0 Å². The SMILES string of the molecule is CC(C)(Oc1ccc(CCCN(CCc2ccccc2)C(=O)c2nc3ccccc3s2)cc1)C(=O)O. The lowest BCUT2D eigenvalue weighted by molar-refractivity contribution is -0.152. The van der Waals surface area contributed by atoms with Crippen LogP contribution in [0.5, 0.6) is 5.75 Å². The third kappa shape index (κ3) is 6.49. The summed E-state index contributed by atoms with van der Waals surface area (Å²) < 4.78 is 6.59. The second kappa shape index (κ2) is 11.4. The summed E-state index contributed by atoms with van der Waals surface area (Å²) in [6, 6.07) is 25.5. The lowest BCUT2D eigenvalue weighted by Crippen LogP contribution is -2.37. The van der Waals surface area contributed by atoms with Gasteiger partial charge in [-0.15, -0.1) is 11.3 Å². The number of carboxylic acids is 1. The molecule has 4 rings (SSSR count). The van der Waals surface area contributed by atoms with Gasteiger partial charge in [0.1, 0.15) is 5.75 Å². The van der Waals surface area contributed by atoms with Crippen LogP contribution < -0.4 is 4.74 Å². The minimum Gasteiger partial charge on any atom is -0.478 e. The first-order valence-corrected chi connectivity index (χ1v) is 12.8. The van der Waals surface area contributed by atoms with Crippen molar-refractivity contribution < 1.29 is 19.4 Å². The third-order valence-corrected chi connectivity index (χ3v) is 7.01. The zero-order valence-corrected chi connectivity index (χ0v) is 21.3. The van der Waals surface area contributed by atoms with Crippen LogP contribution in [-0.2, 0) is 17.6 Å². The predicted octanol–water partition coefficient (Wildman–Crippen LogP) is 5.86. The van der Waals surface area contributed by atoms with Crippen LogP contribution in [0.3, 0.4) is 0 Å². The van der Waals surface area contributed by atoms with Gasteiger partial charge in [0.05, 0.1) is 10.2 Å². The molecule has 36 heavy (non-hydrogen) atoms. The van der Waals surface area contributed by atoms with Crippen molar-refractivity contribution in [3.05, 3.63) is 95.0 Å². The largest absolute Gasteiger partial charge is 0.478 e. The Morgan fingerprint density at radius 3 is 2.25 bits per heavy atom. The Kier molecular flexibility index (Phi) is 8.00. The van der Waals surface area contributed by atoms with Crippen LogP contribution in [0.2, 0.25) is 0 Å². The molecule has 0 aliphatic carbocycles. The summed E-state index contributed by atoms with van der Waals surface area (Å²) in [6.45, 7) is 4.28. The van der Waals surface area contributed by atoms with E-state index in [0.717, 1.165) is 35.0 Å². The van der Waals surface area contributed by atoms with Crippen molar-refractivity contribution in [3.8, 4) is 5.75 Å². The highest BCUT2D eigenvalue weighted by atomic mass is 32.1. The molecule has 0 fully saturated rings. The number of para-hydroxylation sites is 1. The van der Waals surface area contributed by atoms with Gasteiger partial charge in [0.2, 0.25) is 0 Å². The molecule has 1 amide bonds. The summed E-state index contributed by atoms with van der Waals surface area (Å²) in [5, 5.41) is 9.77. The molecule has 0 radical (unpaired) electrons. The van der Waals surface area contributed by atoms with E-state index >= 15 is 0 Å². The lowest BCUT2D eigenvalue weighted by Gasteiger charge is -2.22. The summed E-state index contributed by atoms with van der Waals surface area (Å²) in [5.41, 5.74) is 1.86. The van der Waals surface area contributed by atoms with Gasteiger partial charge in [0, 0.05) is 13.1 Å². The van der Waals surface area contributed by atoms with Crippen molar-refractivity contribution in [2.75, 3.05) is 13.1 Å². The van der Waals surface area contributed by atoms with E-state index in [0.29, 0.717) is 23.8 Å². The Morgan fingerprint density at radius 2 is 1.56 bits per heavy atom. The fraction of sp³-hybridized carbons (Fsp3) is 0.276. The van der Waals surface area contributed by atoms with E-state index in [9.17, 15) is 14.7 Å². The number of nitrogens with zero attached hydrogens (tertiary/aromatic N) is 2. The van der Waals surface area contributed by atoms with Crippen molar-refractivity contribution in [2.24, 2.45) is 0 Å². The van der Waals surface area contributed by atoms with E-state index in [4.69, 9.17) is 4.74 Å². The van der Waals surface area contributed by atoms with Crippen LogP contribution in [-0.4, -0.2) is 45.6 Å². The number of carbonyl (C=O) groups excluding carboxylic acids is 1. The molecule has 0 saturated carbocycles. The van der Waals surface area contributed by atoms with Gasteiger partial charge in [-0.1, -0.05) is 54.6 Å². The molecule has 1 N–H and O–H groups in total. The van der Waals surface area contributed by atoms with Crippen molar-refractivity contribution in [1.29, 1.82) is 0 Å². The first-order chi connectivity index (χ1) is 17.3. The number of ether oxygens (including phenoxy) is 1. The number of aliphatic carboxylic acids is 1. The molecule has 0 aliphatic rings. The summed E-state index contributed by atoms with van der Waals surface area (Å²) in [5.74, 6) is -0.534. The van der Waals surface area contributed by atoms with Crippen molar-refractivity contribution >= 4 is 33.4 Å². The number of carbonyl (C=O) groups is 2. The standard InChI is InChI=1S/C29H30N2O4S/c1-29(2,28(33)34)35-23-16-14-22(15-17-23)11-8-19-31(20-18-21-9-4-3-5-10-21)27(32)26-30-24-12-6-7-13-25(24)36-26/h3-7,9-10,12-17H,8,11,18-20H2,1-2H3,(H,33,34). The number of carboxylic acid groups (broad SMARTS) is 1. The Balaban J connectivity index is 1.40. The lowest BCUT2D eigenvalue weighted by atomic mass is 10.1. The first-order valence-electron chi connectivity index (χ1n) is 12.0. The Labute approximate surface area is 215 Å². The molecule has 1 heterocycles. The molecule has 0 spiro atoms. The van der Waals surface area contributed by atoms with E-state index in [-0.39, 0.29) is 5.91 Å². The monoisotopic (exact) mass is 502 g/mol. The van der Waals surface area contributed by atoms with Gasteiger partial charge in [-0.05, 0) is 68.5 Å². The van der Waals surface area contributed by atoms with Crippen LogP contribution in [0.15, 0.2) is 78.9 Å². The number of aryl methyl sites for hydroxylation is 1. The molecule has 3 aromatic carbocycles. The number of aromatic nitrogens is 1. The number of fused-ring (bicyclic) bond motifs is 1. The highest BCUT2D eigenvalue weighted by molar-refractivity contribution is 7.20. The van der Waals surface area contributed by atoms with Crippen molar-refractivity contribution in [1.82, 2.24) is 9.88 Å². The van der Waals surface area contributed by atoms with E-state index in [1.54, 1.807) is 12.1 Å². The summed E-state index contributed by atoms with van der Waals surface area (Å²) in [7, 11) is 0. The normalized spacial score (nSPS) is 11.4. The van der Waals surface area contributed by atoms with Gasteiger partial charge in [-0.2, -0.15) is 0 Å². The minimum atomic E-state index is -1.29. The van der Waals surface area contributed by atoms with Gasteiger partial charge in [0.15, 0.2) is 10.6 Å². The van der Waals surface area contributed by atoms with Gasteiger partial charge >= 0.3 is 5.97 Å². The molecule has 0 bridgehead atoms. The first kappa shape index (κ1) is 25.4. The average Bonchev–Trinajstić information content (AvgIpc) is 3.31. The molecule has 7 heteroatoms. The molecular weight excluding hydrogens is 472 g/mol. The molecule has 6 nitrogen and oxygen atoms in total. The van der Waals surface area contributed by atoms with Crippen LogP contribution in [0.4, 0.5) is 0 Å². The second-order valence-corrected chi connectivity index (χ2v) is 10.2. The molecular formula is C29H30N2O4S. The quantitative estimate of drug-likeness (QED) is 0.278. The number of rotatable bonds is 11. The number of amides is 1. The van der Waals surface area contributed by atoms with Crippen LogP contribution in [0.1, 0.15) is 41.2 Å². The molecule has 0 saturated heterocycles. The van der Waals surface area contributed by atoms with Crippen molar-refractivity contribution in [2.45, 2.75) is 38.7 Å². The van der Waals surface area contributed by atoms with Crippen LogP contribution in [0, 0.1) is 0 Å². The van der Waals surface area contributed by atoms with E-state index in [2.05, 4.69) is 17.1 Å². The fourth-order valence-electron chi connectivity index (χ4n) is 3.86. The van der Waals surface area contributed by atoms with Gasteiger partial charge < -0.3 is 14.7 Å². The molecule has 4 aromatic rings. The third-order valence-electron chi connectivity index (χ3n) is 5.98. The van der Waals surface area contributed by atoms with E-state index in [1.165, 1.54) is 30.7 Å². The highest BCUT2D eigenvalue weighted by Gasteiger charge is 2.29. The maximum Gasteiger partial charge on any atom is 0.347 e. The smallest absolute Gasteiger partial charge is 0.347 e. The predicted molar refractivity (Wildman–Crippen MR) is 143 cm³/mol. The molecule has 1 aromatic heterocycles. The molecule has 0 aliphatic heterocycles. The molecule has 186 valence electrons. The number of benzene rings is 3. The van der Waals surface area contributed by atoms with E-state index in [1.807, 2.05) is 59.5 Å². The Bertz CT molecular complexity index is 1280. The maximum atomic E-state index is 13.4. The van der Waals surface area contributed by atoms with Gasteiger partial charge in [0.25, 0.3) is 5.91 Å². The van der Waals surface area contributed by atoms with Gasteiger partial charge in [-0.25, -0.2) is 9.78 Å². The molecule has 0 unspecified atom stereocenters. The summed E-state index contributed by atoms with van der Waals surface area (Å²) in [4.78, 5) is 31.2. The van der Waals surface area contributed by atoms with Crippen LogP contribution in [0.25, 0.3) is 10.2 Å². The topological polar surface area (TPSA) is 79.7 Å². The summed E-state index contributed by atoms with van der Waals surface area (Å²) >= 11 is 1.44. The van der Waals surface area contributed by atoms with Gasteiger partial charge in [-0.3, -0.25) is 4.79 Å². The Morgan fingerprint density at radius 1 is 0.889 bits per heavy atom. The van der Waals surface area contributed by atoms with Crippen LogP contribution >= 0.6 is 11.3 Å². The Hall–Kier alpha value is -3.71.